The summed E-state index contributed by atoms with van der Waals surface area (Å²) in [6.07, 6.45) is 6.84. The van der Waals surface area contributed by atoms with Crippen molar-refractivity contribution in [2.45, 2.75) is 83.4 Å². The largest absolute Gasteiger partial charge is 0.390 e. The summed E-state index contributed by atoms with van der Waals surface area (Å²) in [6, 6.07) is 5.37. The molecule has 2 aliphatic rings. The lowest BCUT2D eigenvalue weighted by molar-refractivity contribution is 0.0329. The molecule has 0 radical (unpaired) electrons. The number of aliphatic hydroxyl groups is 1. The fourth-order valence-electron chi connectivity index (χ4n) is 4.25. The first-order valence-electron chi connectivity index (χ1n) is 9.56. The summed E-state index contributed by atoms with van der Waals surface area (Å²) >= 11 is 0. The fourth-order valence-corrected chi connectivity index (χ4v) is 4.25. The van der Waals surface area contributed by atoms with Gasteiger partial charge in [-0.3, -0.25) is 4.79 Å². The number of hydrogen-bond donors (Lipinski definition) is 1. The number of carbonyl (C=O) groups excluding carboxylic acids is 1. The molecule has 4 heteroatoms. The van der Waals surface area contributed by atoms with Crippen molar-refractivity contribution in [1.82, 2.24) is 4.90 Å². The first-order chi connectivity index (χ1) is 11.7. The minimum Gasteiger partial charge on any atom is -0.390 e. The Kier molecular flexibility index (Phi) is 5.19. The van der Waals surface area contributed by atoms with Gasteiger partial charge in [-0.15, -0.1) is 0 Å². The van der Waals surface area contributed by atoms with Crippen molar-refractivity contribution in [3.63, 3.8) is 0 Å². The third-order valence-electron chi connectivity index (χ3n) is 5.53. The molecule has 1 aromatic rings. The first-order valence-corrected chi connectivity index (χ1v) is 9.56. The van der Waals surface area contributed by atoms with Crippen molar-refractivity contribution in [2.24, 2.45) is 5.92 Å². The van der Waals surface area contributed by atoms with Gasteiger partial charge in [-0.1, -0.05) is 6.07 Å². The van der Waals surface area contributed by atoms with E-state index in [2.05, 4.69) is 0 Å². The van der Waals surface area contributed by atoms with Gasteiger partial charge in [0.05, 0.1) is 11.2 Å². The van der Waals surface area contributed by atoms with Crippen LogP contribution in [0.5, 0.6) is 0 Å². The van der Waals surface area contributed by atoms with Crippen LogP contribution in [0, 0.1) is 18.7 Å². The molecule has 0 bridgehead atoms. The highest BCUT2D eigenvalue weighted by atomic mass is 19.1. The fraction of sp³-hybridized carbons (Fsp3) is 0.667. The zero-order chi connectivity index (χ0) is 18.2. The molecule has 0 saturated heterocycles. The number of nitrogens with zero attached hydrogens (tertiary/aromatic N) is 1. The molecular formula is C21H30FNO2. The molecule has 3 nitrogen and oxygen atoms in total. The van der Waals surface area contributed by atoms with Crippen LogP contribution in [0.15, 0.2) is 18.2 Å². The lowest BCUT2D eigenvalue weighted by atomic mass is 9.79. The zero-order valence-electron chi connectivity index (χ0n) is 15.6. The summed E-state index contributed by atoms with van der Waals surface area (Å²) in [5.41, 5.74) is 0.407. The third kappa shape index (κ3) is 4.60. The van der Waals surface area contributed by atoms with Gasteiger partial charge >= 0.3 is 0 Å². The number of halogens is 1. The lowest BCUT2D eigenvalue weighted by Gasteiger charge is -2.38. The molecule has 0 atom stereocenters. The van der Waals surface area contributed by atoms with Crippen molar-refractivity contribution in [3.05, 3.63) is 35.1 Å². The number of hydrogen-bond acceptors (Lipinski definition) is 2. The van der Waals surface area contributed by atoms with Crippen molar-refractivity contribution >= 4 is 5.91 Å². The molecule has 0 heterocycles. The average molecular weight is 347 g/mol. The molecule has 3 rings (SSSR count). The van der Waals surface area contributed by atoms with Crippen LogP contribution < -0.4 is 0 Å². The van der Waals surface area contributed by atoms with Crippen molar-refractivity contribution in [1.29, 1.82) is 0 Å². The van der Waals surface area contributed by atoms with Crippen LogP contribution in [-0.2, 0) is 0 Å². The maximum Gasteiger partial charge on any atom is 0.257 e. The first kappa shape index (κ1) is 18.4. The second kappa shape index (κ2) is 7.06. The van der Waals surface area contributed by atoms with Gasteiger partial charge in [0.15, 0.2) is 0 Å². The van der Waals surface area contributed by atoms with E-state index in [-0.39, 0.29) is 23.6 Å². The van der Waals surface area contributed by atoms with E-state index in [1.165, 1.54) is 6.07 Å². The number of amides is 1. The summed E-state index contributed by atoms with van der Waals surface area (Å²) in [7, 11) is 0. The van der Waals surface area contributed by atoms with E-state index < -0.39 is 11.4 Å². The van der Waals surface area contributed by atoms with Crippen molar-refractivity contribution in [3.8, 4) is 0 Å². The molecule has 1 N–H and O–H groups in total. The van der Waals surface area contributed by atoms with Crippen LogP contribution in [0.1, 0.15) is 74.7 Å². The van der Waals surface area contributed by atoms with Gasteiger partial charge in [-0.25, -0.2) is 4.39 Å². The smallest absolute Gasteiger partial charge is 0.257 e. The standard InChI is InChI=1S/C21H30FNO2/c1-14-4-11-18(19(22)12-14)20(24)23(17-9-10-17)16-7-5-15(6-8-16)13-21(2,3)25/h4,11-12,15-17,25H,5-10,13H2,1-3H3/t15-,16-. The topological polar surface area (TPSA) is 40.5 Å². The Hall–Kier alpha value is -1.42. The van der Waals surface area contributed by atoms with Gasteiger partial charge in [-0.05, 0) is 89.3 Å². The molecular weight excluding hydrogens is 317 g/mol. The molecule has 1 amide bonds. The minimum absolute atomic E-state index is 0.147. The van der Waals surface area contributed by atoms with Crippen LogP contribution >= 0.6 is 0 Å². The molecule has 2 fully saturated rings. The average Bonchev–Trinajstić information content (AvgIpc) is 3.32. The van der Waals surface area contributed by atoms with Gasteiger partial charge < -0.3 is 10.0 Å². The molecule has 0 spiro atoms. The lowest BCUT2D eigenvalue weighted by Crippen LogP contribution is -2.44. The summed E-state index contributed by atoms with van der Waals surface area (Å²) < 4.78 is 14.3. The molecule has 1 aromatic carbocycles. The van der Waals surface area contributed by atoms with Crippen LogP contribution in [0.3, 0.4) is 0 Å². The number of aryl methyl sites for hydroxylation is 1. The second-order valence-electron chi connectivity index (χ2n) is 8.62. The minimum atomic E-state index is -0.630. The Morgan fingerprint density at radius 1 is 1.16 bits per heavy atom. The third-order valence-corrected chi connectivity index (χ3v) is 5.53. The normalized spacial score (nSPS) is 24.2. The van der Waals surface area contributed by atoms with Crippen molar-refractivity contribution in [2.75, 3.05) is 0 Å². The maximum atomic E-state index is 14.3. The summed E-state index contributed by atoms with van der Waals surface area (Å²) in [4.78, 5) is 15.0. The van der Waals surface area contributed by atoms with Gasteiger partial charge in [0.25, 0.3) is 5.91 Å². The van der Waals surface area contributed by atoms with Crippen LogP contribution in [0.4, 0.5) is 4.39 Å². The highest BCUT2D eigenvalue weighted by Gasteiger charge is 2.40. The maximum absolute atomic E-state index is 14.3. The van der Waals surface area contributed by atoms with E-state index in [1.54, 1.807) is 6.07 Å². The highest BCUT2D eigenvalue weighted by Crippen LogP contribution is 2.38. The van der Waals surface area contributed by atoms with E-state index in [0.29, 0.717) is 5.92 Å². The second-order valence-corrected chi connectivity index (χ2v) is 8.62. The Bertz CT molecular complexity index is 625. The molecule has 0 aromatic heterocycles. The van der Waals surface area contributed by atoms with E-state index in [4.69, 9.17) is 0 Å². The quantitative estimate of drug-likeness (QED) is 0.854. The van der Waals surface area contributed by atoms with Crippen molar-refractivity contribution < 1.29 is 14.3 Å². The van der Waals surface area contributed by atoms with E-state index in [1.807, 2.05) is 31.7 Å². The van der Waals surface area contributed by atoms with Gasteiger partial charge in [0.1, 0.15) is 5.82 Å². The Morgan fingerprint density at radius 2 is 1.72 bits per heavy atom. The van der Waals surface area contributed by atoms with Gasteiger partial charge in [0.2, 0.25) is 0 Å². The van der Waals surface area contributed by atoms with E-state index in [9.17, 15) is 14.3 Å². The van der Waals surface area contributed by atoms with Crippen LogP contribution in [0.25, 0.3) is 0 Å². The molecule has 0 aliphatic heterocycles. The summed E-state index contributed by atoms with van der Waals surface area (Å²) in [6.45, 7) is 5.55. The Labute approximate surface area is 150 Å². The molecule has 2 saturated carbocycles. The van der Waals surface area contributed by atoms with Crippen LogP contribution in [0.2, 0.25) is 0 Å². The highest BCUT2D eigenvalue weighted by molar-refractivity contribution is 5.95. The number of rotatable bonds is 5. The SMILES string of the molecule is Cc1ccc(C(=O)N(C2CC2)[C@H]2CC[C@H](CC(C)(C)O)CC2)c(F)c1. The van der Waals surface area contributed by atoms with Gasteiger partial charge in [0, 0.05) is 12.1 Å². The van der Waals surface area contributed by atoms with Gasteiger partial charge in [-0.2, -0.15) is 0 Å². The Balaban J connectivity index is 1.69. The molecule has 25 heavy (non-hydrogen) atoms. The Morgan fingerprint density at radius 3 is 2.20 bits per heavy atom. The zero-order valence-corrected chi connectivity index (χ0v) is 15.6. The summed E-state index contributed by atoms with van der Waals surface area (Å²) in [5, 5.41) is 10.0. The van der Waals surface area contributed by atoms with Crippen LogP contribution in [-0.4, -0.2) is 33.6 Å². The molecule has 2 aliphatic carbocycles. The molecule has 0 unspecified atom stereocenters. The number of carbonyl (C=O) groups is 1. The summed E-state index contributed by atoms with van der Waals surface area (Å²) in [5.74, 6) is -0.0409. The predicted octanol–water partition coefficient (Wildman–Crippen LogP) is 4.46. The van der Waals surface area contributed by atoms with E-state index in [0.717, 1.165) is 50.5 Å². The predicted molar refractivity (Wildman–Crippen MR) is 97.0 cm³/mol. The monoisotopic (exact) mass is 347 g/mol. The van der Waals surface area contributed by atoms with E-state index >= 15 is 0 Å². The number of benzene rings is 1. The molecule has 138 valence electrons.